The van der Waals surface area contributed by atoms with Crippen LogP contribution < -0.4 is 10.1 Å². The second kappa shape index (κ2) is 9.94. The Balaban J connectivity index is 1.39. The summed E-state index contributed by atoms with van der Waals surface area (Å²) in [4.78, 5) is 14.9. The molecule has 3 rings (SSSR count). The van der Waals surface area contributed by atoms with Crippen molar-refractivity contribution in [3.8, 4) is 5.75 Å². The molecule has 0 bridgehead atoms. The molecule has 1 unspecified atom stereocenters. The topological polar surface area (TPSA) is 41.6 Å². The first kappa shape index (κ1) is 20.7. The average molecular weight is 401 g/mol. The van der Waals surface area contributed by atoms with E-state index < -0.39 is 0 Å². The molecule has 28 heavy (non-hydrogen) atoms. The highest BCUT2D eigenvalue weighted by Crippen LogP contribution is 2.22. The Labute approximate surface area is 172 Å². The van der Waals surface area contributed by atoms with E-state index in [1.807, 2.05) is 56.3 Å². The van der Waals surface area contributed by atoms with Crippen molar-refractivity contribution in [3.05, 3.63) is 64.7 Å². The van der Waals surface area contributed by atoms with Crippen molar-refractivity contribution in [1.82, 2.24) is 10.2 Å². The standard InChI is InChI=1S/C23H29ClN2O2/c1-17-7-9-21(10-8-17)28-16-18(2)25-23(27)19-11-13-26(14-12-19)15-20-5-3-4-6-22(20)24/h3-10,18-19H,11-16H2,1-2H3,(H,25,27). The van der Waals surface area contributed by atoms with Gasteiger partial charge in [0.2, 0.25) is 5.91 Å². The van der Waals surface area contributed by atoms with E-state index >= 15 is 0 Å². The lowest BCUT2D eigenvalue weighted by Gasteiger charge is -2.32. The zero-order chi connectivity index (χ0) is 19.9. The van der Waals surface area contributed by atoms with E-state index in [0.29, 0.717) is 6.61 Å². The summed E-state index contributed by atoms with van der Waals surface area (Å²) in [6.45, 7) is 7.18. The number of hydrogen-bond acceptors (Lipinski definition) is 3. The number of ether oxygens (including phenoxy) is 1. The summed E-state index contributed by atoms with van der Waals surface area (Å²) in [6.07, 6.45) is 1.75. The van der Waals surface area contributed by atoms with Crippen LogP contribution >= 0.6 is 11.6 Å². The first-order valence-electron chi connectivity index (χ1n) is 9.97. The number of halogens is 1. The van der Waals surface area contributed by atoms with Crippen LogP contribution in [0.4, 0.5) is 0 Å². The second-order valence-corrected chi connectivity index (χ2v) is 8.08. The molecule has 1 aliphatic rings. The van der Waals surface area contributed by atoms with E-state index in [4.69, 9.17) is 16.3 Å². The molecule has 0 spiro atoms. The molecule has 1 N–H and O–H groups in total. The van der Waals surface area contributed by atoms with Gasteiger partial charge in [0.25, 0.3) is 0 Å². The molecule has 2 aromatic rings. The number of hydrogen-bond donors (Lipinski definition) is 1. The van der Waals surface area contributed by atoms with E-state index in [0.717, 1.165) is 48.8 Å². The van der Waals surface area contributed by atoms with Crippen molar-refractivity contribution in [2.45, 2.75) is 39.3 Å². The van der Waals surface area contributed by atoms with E-state index in [-0.39, 0.29) is 17.9 Å². The lowest BCUT2D eigenvalue weighted by atomic mass is 9.95. The van der Waals surface area contributed by atoms with Crippen LogP contribution in [-0.4, -0.2) is 36.5 Å². The van der Waals surface area contributed by atoms with Crippen LogP contribution in [0, 0.1) is 12.8 Å². The van der Waals surface area contributed by atoms with Crippen molar-refractivity contribution in [2.75, 3.05) is 19.7 Å². The Bertz CT molecular complexity index is 770. The van der Waals surface area contributed by atoms with Gasteiger partial charge in [-0.2, -0.15) is 0 Å². The Kier molecular flexibility index (Phi) is 7.35. The third-order valence-electron chi connectivity index (χ3n) is 5.22. The molecule has 1 heterocycles. The van der Waals surface area contributed by atoms with Gasteiger partial charge in [0.05, 0.1) is 6.04 Å². The van der Waals surface area contributed by atoms with E-state index in [1.54, 1.807) is 0 Å². The molecule has 0 aliphatic carbocycles. The molecular weight excluding hydrogens is 372 g/mol. The predicted molar refractivity (Wildman–Crippen MR) is 114 cm³/mol. The number of piperidine rings is 1. The third-order valence-corrected chi connectivity index (χ3v) is 5.59. The predicted octanol–water partition coefficient (Wildman–Crippen LogP) is 4.44. The van der Waals surface area contributed by atoms with E-state index in [1.165, 1.54) is 5.56 Å². The van der Waals surface area contributed by atoms with Gasteiger partial charge in [-0.15, -0.1) is 0 Å². The van der Waals surface area contributed by atoms with Gasteiger partial charge in [-0.05, 0) is 63.5 Å². The van der Waals surface area contributed by atoms with Crippen molar-refractivity contribution in [2.24, 2.45) is 5.92 Å². The van der Waals surface area contributed by atoms with Gasteiger partial charge in [0, 0.05) is 17.5 Å². The van der Waals surface area contributed by atoms with E-state index in [2.05, 4.69) is 16.3 Å². The fraction of sp³-hybridized carbons (Fsp3) is 0.435. The SMILES string of the molecule is Cc1ccc(OCC(C)NC(=O)C2CCN(Cc3ccccc3Cl)CC2)cc1. The van der Waals surface area contributed by atoms with Crippen molar-refractivity contribution >= 4 is 17.5 Å². The van der Waals surface area contributed by atoms with Gasteiger partial charge >= 0.3 is 0 Å². The molecular formula is C23H29ClN2O2. The minimum Gasteiger partial charge on any atom is -0.491 e. The fourth-order valence-corrected chi connectivity index (χ4v) is 3.67. The van der Waals surface area contributed by atoms with Gasteiger partial charge in [-0.25, -0.2) is 0 Å². The number of carbonyl (C=O) groups excluding carboxylic acids is 1. The lowest BCUT2D eigenvalue weighted by Crippen LogP contribution is -2.44. The zero-order valence-electron chi connectivity index (χ0n) is 16.7. The summed E-state index contributed by atoms with van der Waals surface area (Å²) in [5.41, 5.74) is 2.35. The summed E-state index contributed by atoms with van der Waals surface area (Å²) >= 11 is 6.26. The molecule has 150 valence electrons. The monoisotopic (exact) mass is 400 g/mol. The molecule has 1 saturated heterocycles. The molecule has 1 aliphatic heterocycles. The molecule has 1 fully saturated rings. The normalized spacial score (nSPS) is 16.5. The minimum atomic E-state index is -0.0186. The molecule has 1 amide bonds. The molecule has 2 aromatic carbocycles. The van der Waals surface area contributed by atoms with Crippen molar-refractivity contribution < 1.29 is 9.53 Å². The Hall–Kier alpha value is -2.04. The molecule has 1 atom stereocenters. The highest BCUT2D eigenvalue weighted by Gasteiger charge is 2.26. The van der Waals surface area contributed by atoms with Gasteiger partial charge in [0.15, 0.2) is 0 Å². The molecule has 4 nitrogen and oxygen atoms in total. The number of likely N-dealkylation sites (tertiary alicyclic amines) is 1. The zero-order valence-corrected chi connectivity index (χ0v) is 17.4. The lowest BCUT2D eigenvalue weighted by molar-refractivity contribution is -0.127. The van der Waals surface area contributed by atoms with E-state index in [9.17, 15) is 4.79 Å². The molecule has 0 saturated carbocycles. The molecule has 5 heteroatoms. The van der Waals surface area contributed by atoms with Gasteiger partial charge in [-0.1, -0.05) is 47.5 Å². The second-order valence-electron chi connectivity index (χ2n) is 7.68. The highest BCUT2D eigenvalue weighted by molar-refractivity contribution is 6.31. The number of nitrogens with zero attached hydrogens (tertiary/aromatic N) is 1. The van der Waals surface area contributed by atoms with Crippen LogP contribution in [0.2, 0.25) is 5.02 Å². The van der Waals surface area contributed by atoms with Gasteiger partial charge in [0.1, 0.15) is 12.4 Å². The summed E-state index contributed by atoms with van der Waals surface area (Å²) in [5.74, 6) is 1.04. The average Bonchev–Trinajstić information content (AvgIpc) is 2.70. The summed E-state index contributed by atoms with van der Waals surface area (Å²) in [7, 11) is 0. The minimum absolute atomic E-state index is 0.0186. The summed E-state index contributed by atoms with van der Waals surface area (Å²) < 4.78 is 5.77. The number of aryl methyl sites for hydroxylation is 1. The van der Waals surface area contributed by atoms with Crippen LogP contribution in [0.1, 0.15) is 30.9 Å². The third kappa shape index (κ3) is 5.98. The van der Waals surface area contributed by atoms with Crippen LogP contribution in [0.25, 0.3) is 0 Å². The summed E-state index contributed by atoms with van der Waals surface area (Å²) in [5, 5.41) is 3.91. The number of amides is 1. The quantitative estimate of drug-likeness (QED) is 0.746. The number of nitrogens with one attached hydrogen (secondary N) is 1. The Morgan fingerprint density at radius 3 is 2.54 bits per heavy atom. The number of carbonyl (C=O) groups is 1. The van der Waals surface area contributed by atoms with Crippen LogP contribution in [0.3, 0.4) is 0 Å². The fourth-order valence-electron chi connectivity index (χ4n) is 3.48. The van der Waals surface area contributed by atoms with Crippen molar-refractivity contribution in [3.63, 3.8) is 0 Å². The van der Waals surface area contributed by atoms with Crippen LogP contribution in [0.5, 0.6) is 5.75 Å². The van der Waals surface area contributed by atoms with Crippen LogP contribution in [-0.2, 0) is 11.3 Å². The smallest absolute Gasteiger partial charge is 0.223 e. The maximum Gasteiger partial charge on any atom is 0.223 e. The highest BCUT2D eigenvalue weighted by atomic mass is 35.5. The number of benzene rings is 2. The summed E-state index contributed by atoms with van der Waals surface area (Å²) in [6, 6.07) is 15.9. The molecule has 0 aromatic heterocycles. The van der Waals surface area contributed by atoms with Crippen LogP contribution in [0.15, 0.2) is 48.5 Å². The van der Waals surface area contributed by atoms with Gasteiger partial charge < -0.3 is 10.1 Å². The first-order valence-corrected chi connectivity index (χ1v) is 10.3. The Morgan fingerprint density at radius 1 is 1.18 bits per heavy atom. The maximum atomic E-state index is 12.6. The Morgan fingerprint density at radius 2 is 1.86 bits per heavy atom. The maximum absolute atomic E-state index is 12.6. The number of rotatable bonds is 7. The molecule has 0 radical (unpaired) electrons. The van der Waals surface area contributed by atoms with Crippen molar-refractivity contribution in [1.29, 1.82) is 0 Å². The first-order chi connectivity index (χ1) is 13.5. The van der Waals surface area contributed by atoms with Gasteiger partial charge in [-0.3, -0.25) is 9.69 Å². The largest absolute Gasteiger partial charge is 0.491 e.